The van der Waals surface area contributed by atoms with Gasteiger partial charge in [-0.1, -0.05) is 19.1 Å². The summed E-state index contributed by atoms with van der Waals surface area (Å²) in [5, 5.41) is 2.72. The summed E-state index contributed by atoms with van der Waals surface area (Å²) >= 11 is 0. The van der Waals surface area contributed by atoms with E-state index < -0.39 is 15.6 Å². The topological polar surface area (TPSA) is 66.5 Å². The van der Waals surface area contributed by atoms with Crippen LogP contribution in [0.2, 0.25) is 0 Å². The van der Waals surface area contributed by atoms with Crippen molar-refractivity contribution in [2.24, 2.45) is 0 Å². The van der Waals surface area contributed by atoms with E-state index in [0.29, 0.717) is 5.69 Å². The zero-order valence-corrected chi connectivity index (χ0v) is 14.1. The molecule has 118 valence electrons. The lowest BCUT2D eigenvalue weighted by Crippen LogP contribution is -2.48. The van der Waals surface area contributed by atoms with Gasteiger partial charge in [0.1, 0.15) is 0 Å². The summed E-state index contributed by atoms with van der Waals surface area (Å²) in [7, 11) is -3.45. The molecule has 0 heterocycles. The van der Waals surface area contributed by atoms with Crippen molar-refractivity contribution in [1.29, 1.82) is 0 Å². The van der Waals surface area contributed by atoms with Crippen molar-refractivity contribution in [3.05, 3.63) is 29.8 Å². The van der Waals surface area contributed by atoms with Crippen LogP contribution < -0.4 is 5.32 Å². The van der Waals surface area contributed by atoms with Gasteiger partial charge < -0.3 is 5.32 Å². The Kier molecular flexibility index (Phi) is 5.53. The highest BCUT2D eigenvalue weighted by molar-refractivity contribution is 7.88. The molecule has 21 heavy (non-hydrogen) atoms. The van der Waals surface area contributed by atoms with Crippen LogP contribution in [-0.4, -0.2) is 37.0 Å². The fraction of sp³-hybridized carbons (Fsp3) is 0.533. The highest BCUT2D eigenvalue weighted by Crippen LogP contribution is 2.17. The largest absolute Gasteiger partial charge is 0.325 e. The highest BCUT2D eigenvalue weighted by atomic mass is 32.2. The van der Waals surface area contributed by atoms with Gasteiger partial charge in [0.05, 0.1) is 12.8 Å². The third-order valence-electron chi connectivity index (χ3n) is 3.08. The number of amides is 1. The number of nitrogens with zero attached hydrogens (tertiary/aromatic N) is 1. The van der Waals surface area contributed by atoms with Crippen LogP contribution in [0.4, 0.5) is 5.69 Å². The predicted molar refractivity (Wildman–Crippen MR) is 85.8 cm³/mol. The lowest BCUT2D eigenvalue weighted by molar-refractivity contribution is -0.117. The molecule has 0 aliphatic heterocycles. The van der Waals surface area contributed by atoms with Crippen LogP contribution in [0.15, 0.2) is 24.3 Å². The van der Waals surface area contributed by atoms with Crippen LogP contribution in [0.5, 0.6) is 0 Å². The first-order valence-corrected chi connectivity index (χ1v) is 8.75. The molecule has 1 aromatic rings. The van der Waals surface area contributed by atoms with E-state index in [-0.39, 0.29) is 12.5 Å². The summed E-state index contributed by atoms with van der Waals surface area (Å²) in [5.41, 5.74) is 1.21. The van der Waals surface area contributed by atoms with Gasteiger partial charge >= 0.3 is 0 Å². The maximum atomic E-state index is 12.1. The molecule has 0 unspecified atom stereocenters. The van der Waals surface area contributed by atoms with E-state index in [1.165, 1.54) is 9.87 Å². The van der Waals surface area contributed by atoms with Crippen molar-refractivity contribution in [1.82, 2.24) is 4.31 Å². The molecule has 0 aliphatic carbocycles. The van der Waals surface area contributed by atoms with Crippen molar-refractivity contribution < 1.29 is 13.2 Å². The van der Waals surface area contributed by atoms with Crippen LogP contribution >= 0.6 is 0 Å². The fourth-order valence-corrected chi connectivity index (χ4v) is 3.35. The zero-order chi connectivity index (χ0) is 16.3. The van der Waals surface area contributed by atoms with E-state index in [0.717, 1.165) is 12.7 Å². The van der Waals surface area contributed by atoms with Crippen LogP contribution in [0.1, 0.15) is 33.3 Å². The molecule has 0 aromatic heterocycles. The van der Waals surface area contributed by atoms with Gasteiger partial charge in [0.25, 0.3) is 0 Å². The summed E-state index contributed by atoms with van der Waals surface area (Å²) in [4.78, 5) is 12.1. The lowest BCUT2D eigenvalue weighted by Gasteiger charge is -2.32. The van der Waals surface area contributed by atoms with E-state index in [1.807, 2.05) is 24.3 Å². The molecule has 0 fully saturated rings. The molecule has 0 saturated carbocycles. The number of anilines is 1. The van der Waals surface area contributed by atoms with E-state index in [2.05, 4.69) is 12.2 Å². The Hall–Kier alpha value is -1.40. The second kappa shape index (κ2) is 6.58. The molecule has 1 rings (SSSR count). The smallest absolute Gasteiger partial charge is 0.239 e. The third-order valence-corrected chi connectivity index (χ3v) is 4.56. The van der Waals surface area contributed by atoms with Crippen molar-refractivity contribution >= 4 is 21.6 Å². The minimum Gasteiger partial charge on any atom is -0.325 e. The highest BCUT2D eigenvalue weighted by Gasteiger charge is 2.31. The van der Waals surface area contributed by atoms with Gasteiger partial charge in [0.2, 0.25) is 15.9 Å². The Balaban J connectivity index is 2.79. The summed E-state index contributed by atoms with van der Waals surface area (Å²) in [6.07, 6.45) is 2.04. The van der Waals surface area contributed by atoms with Gasteiger partial charge in [-0.2, -0.15) is 4.31 Å². The Labute approximate surface area is 127 Å². The molecule has 5 nitrogen and oxygen atoms in total. The number of hydrogen-bond acceptors (Lipinski definition) is 3. The number of aryl methyl sites for hydroxylation is 1. The van der Waals surface area contributed by atoms with E-state index in [9.17, 15) is 13.2 Å². The average Bonchev–Trinajstić information content (AvgIpc) is 2.34. The SMILES string of the molecule is CCc1ccc(NC(=O)CN(C(C)(C)C)S(C)(=O)=O)cc1. The van der Waals surface area contributed by atoms with Gasteiger partial charge in [-0.25, -0.2) is 8.42 Å². The van der Waals surface area contributed by atoms with Crippen LogP contribution in [0, 0.1) is 0 Å². The van der Waals surface area contributed by atoms with Gasteiger partial charge in [0, 0.05) is 11.2 Å². The minimum absolute atomic E-state index is 0.197. The monoisotopic (exact) mass is 312 g/mol. The maximum Gasteiger partial charge on any atom is 0.239 e. The number of benzene rings is 1. The lowest BCUT2D eigenvalue weighted by atomic mass is 10.1. The van der Waals surface area contributed by atoms with Crippen LogP contribution in [-0.2, 0) is 21.2 Å². The maximum absolute atomic E-state index is 12.1. The summed E-state index contributed by atoms with van der Waals surface area (Å²) in [5.74, 6) is -0.348. The summed E-state index contributed by atoms with van der Waals surface area (Å²) < 4.78 is 24.8. The van der Waals surface area contributed by atoms with Crippen molar-refractivity contribution in [2.75, 3.05) is 18.1 Å². The number of nitrogens with one attached hydrogen (secondary N) is 1. The predicted octanol–water partition coefficient (Wildman–Crippen LogP) is 2.25. The first-order chi connectivity index (χ1) is 9.54. The number of sulfonamides is 1. The van der Waals surface area contributed by atoms with Gasteiger partial charge in [-0.15, -0.1) is 0 Å². The van der Waals surface area contributed by atoms with E-state index >= 15 is 0 Å². The molecular formula is C15H24N2O3S. The Morgan fingerprint density at radius 1 is 1.19 bits per heavy atom. The normalized spacial score (nSPS) is 12.5. The molecule has 1 aromatic carbocycles. The van der Waals surface area contributed by atoms with Gasteiger partial charge in [-0.05, 0) is 44.9 Å². The standard InChI is InChI=1S/C15H24N2O3S/c1-6-12-7-9-13(10-8-12)16-14(18)11-17(15(2,3)4)21(5,19)20/h7-10H,6,11H2,1-5H3,(H,16,18). The van der Waals surface area contributed by atoms with Crippen LogP contribution in [0.3, 0.4) is 0 Å². The first-order valence-electron chi connectivity index (χ1n) is 6.90. The molecule has 0 atom stereocenters. The summed E-state index contributed by atoms with van der Waals surface area (Å²) in [6, 6.07) is 7.51. The van der Waals surface area contributed by atoms with E-state index in [4.69, 9.17) is 0 Å². The fourth-order valence-electron chi connectivity index (χ4n) is 2.01. The number of hydrogen-bond donors (Lipinski definition) is 1. The Morgan fingerprint density at radius 2 is 1.71 bits per heavy atom. The molecule has 0 saturated heterocycles. The number of carbonyl (C=O) groups excluding carboxylic acids is 1. The number of rotatable bonds is 5. The van der Waals surface area contributed by atoms with Crippen molar-refractivity contribution in [2.45, 2.75) is 39.7 Å². The molecule has 0 spiro atoms. The molecule has 6 heteroatoms. The van der Waals surface area contributed by atoms with Crippen molar-refractivity contribution in [3.8, 4) is 0 Å². The molecule has 0 bridgehead atoms. The zero-order valence-electron chi connectivity index (χ0n) is 13.3. The number of carbonyl (C=O) groups is 1. The van der Waals surface area contributed by atoms with Gasteiger partial charge in [0.15, 0.2) is 0 Å². The quantitative estimate of drug-likeness (QED) is 0.907. The van der Waals surface area contributed by atoms with E-state index in [1.54, 1.807) is 20.8 Å². The Bertz CT molecular complexity index is 586. The molecule has 1 amide bonds. The molecule has 1 N–H and O–H groups in total. The molecule has 0 radical (unpaired) electrons. The first kappa shape index (κ1) is 17.7. The molecule has 0 aliphatic rings. The average molecular weight is 312 g/mol. The second-order valence-corrected chi connectivity index (χ2v) is 7.95. The molecular weight excluding hydrogens is 288 g/mol. The third kappa shape index (κ3) is 5.47. The van der Waals surface area contributed by atoms with Crippen molar-refractivity contribution in [3.63, 3.8) is 0 Å². The Morgan fingerprint density at radius 3 is 2.10 bits per heavy atom. The second-order valence-electron chi connectivity index (χ2n) is 6.04. The minimum atomic E-state index is -3.45. The van der Waals surface area contributed by atoms with Crippen LogP contribution in [0.25, 0.3) is 0 Å². The summed E-state index contributed by atoms with van der Waals surface area (Å²) in [6.45, 7) is 7.14. The van der Waals surface area contributed by atoms with Gasteiger partial charge in [-0.3, -0.25) is 4.79 Å².